The Morgan fingerprint density at radius 2 is 1.83 bits per heavy atom. The van der Waals surface area contributed by atoms with Crippen LogP contribution in [0.25, 0.3) is 0 Å². The molecule has 1 aliphatic heterocycles. The summed E-state index contributed by atoms with van der Waals surface area (Å²) in [4.78, 5) is 12.2. The lowest BCUT2D eigenvalue weighted by Crippen LogP contribution is -2.45. The first kappa shape index (κ1) is 11.4. The number of aromatic hydroxyl groups is 2. The Hall–Kier alpha value is -1.71. The van der Waals surface area contributed by atoms with Crippen LogP contribution in [-0.4, -0.2) is 21.5 Å². The first-order valence-corrected chi connectivity index (χ1v) is 6.47. The second-order valence-corrected chi connectivity index (χ2v) is 5.45. The van der Waals surface area contributed by atoms with Crippen LogP contribution < -0.4 is 5.32 Å². The fraction of sp³-hybridized carbons (Fsp3) is 0.500. The molecule has 3 N–H and O–H groups in total. The Balaban J connectivity index is 2.03. The van der Waals surface area contributed by atoms with Crippen LogP contribution in [0.2, 0.25) is 0 Å². The SMILES string of the molecule is O=C1CC2(CCCCC2)Nc2cc(O)cc(O)c21. The molecule has 0 atom stereocenters. The van der Waals surface area contributed by atoms with E-state index >= 15 is 0 Å². The van der Waals surface area contributed by atoms with Crippen LogP contribution >= 0.6 is 0 Å². The third kappa shape index (κ3) is 1.72. The van der Waals surface area contributed by atoms with Gasteiger partial charge in [-0.3, -0.25) is 4.79 Å². The van der Waals surface area contributed by atoms with E-state index in [0.717, 1.165) is 25.7 Å². The number of ketones is 1. The zero-order chi connectivity index (χ0) is 12.8. The minimum atomic E-state index is -0.164. The second-order valence-electron chi connectivity index (χ2n) is 5.45. The number of rotatable bonds is 0. The number of phenols is 2. The quantitative estimate of drug-likeness (QED) is 0.659. The number of benzene rings is 1. The van der Waals surface area contributed by atoms with Crippen LogP contribution in [0, 0.1) is 0 Å². The average Bonchev–Trinajstić information content (AvgIpc) is 2.27. The first-order valence-electron chi connectivity index (χ1n) is 6.47. The molecule has 1 fully saturated rings. The number of phenolic OH excluding ortho intramolecular Hbond substituents is 2. The van der Waals surface area contributed by atoms with E-state index in [1.54, 1.807) is 0 Å². The summed E-state index contributed by atoms with van der Waals surface area (Å²) in [7, 11) is 0. The van der Waals surface area contributed by atoms with Gasteiger partial charge in [-0.05, 0) is 12.8 Å². The highest BCUT2D eigenvalue weighted by Gasteiger charge is 2.40. The second kappa shape index (κ2) is 3.90. The highest BCUT2D eigenvalue weighted by atomic mass is 16.3. The van der Waals surface area contributed by atoms with Gasteiger partial charge in [-0.15, -0.1) is 0 Å². The van der Waals surface area contributed by atoms with Gasteiger partial charge in [0.15, 0.2) is 5.78 Å². The molecular weight excluding hydrogens is 230 g/mol. The summed E-state index contributed by atoms with van der Waals surface area (Å²) >= 11 is 0. The van der Waals surface area contributed by atoms with Gasteiger partial charge >= 0.3 is 0 Å². The molecule has 1 saturated carbocycles. The molecule has 1 heterocycles. The lowest BCUT2D eigenvalue weighted by molar-refractivity contribution is 0.0931. The monoisotopic (exact) mass is 247 g/mol. The van der Waals surface area contributed by atoms with E-state index in [4.69, 9.17) is 0 Å². The molecule has 0 bridgehead atoms. The molecule has 4 nitrogen and oxygen atoms in total. The summed E-state index contributed by atoms with van der Waals surface area (Å²) in [6, 6.07) is 2.75. The van der Waals surface area contributed by atoms with Gasteiger partial charge in [-0.2, -0.15) is 0 Å². The molecule has 0 aromatic heterocycles. The van der Waals surface area contributed by atoms with Crippen molar-refractivity contribution in [1.29, 1.82) is 0 Å². The predicted molar refractivity (Wildman–Crippen MR) is 68.2 cm³/mol. The van der Waals surface area contributed by atoms with Crippen molar-refractivity contribution < 1.29 is 15.0 Å². The first-order chi connectivity index (χ1) is 8.60. The molecule has 18 heavy (non-hydrogen) atoms. The van der Waals surface area contributed by atoms with Crippen molar-refractivity contribution in [3.63, 3.8) is 0 Å². The Kier molecular flexibility index (Phi) is 2.47. The maximum Gasteiger partial charge on any atom is 0.171 e. The van der Waals surface area contributed by atoms with Crippen LogP contribution in [0.1, 0.15) is 48.9 Å². The molecule has 0 unspecified atom stereocenters. The van der Waals surface area contributed by atoms with Crippen molar-refractivity contribution in [3.05, 3.63) is 17.7 Å². The summed E-state index contributed by atoms with van der Waals surface area (Å²) < 4.78 is 0. The maximum atomic E-state index is 12.2. The van der Waals surface area contributed by atoms with E-state index in [2.05, 4.69) is 5.32 Å². The summed E-state index contributed by atoms with van der Waals surface area (Å²) in [6.07, 6.45) is 5.87. The Labute approximate surface area is 106 Å². The molecule has 4 heteroatoms. The number of nitrogens with one attached hydrogen (secondary N) is 1. The van der Waals surface area contributed by atoms with Gasteiger partial charge in [-0.1, -0.05) is 19.3 Å². The minimum absolute atomic E-state index is 0.0144. The number of hydrogen-bond acceptors (Lipinski definition) is 4. The number of carbonyl (C=O) groups excluding carboxylic acids is 1. The van der Waals surface area contributed by atoms with Gasteiger partial charge in [0, 0.05) is 24.1 Å². The summed E-state index contributed by atoms with van der Waals surface area (Å²) in [5, 5.41) is 22.7. The summed E-state index contributed by atoms with van der Waals surface area (Å²) in [6.45, 7) is 0. The van der Waals surface area contributed by atoms with Gasteiger partial charge in [-0.25, -0.2) is 0 Å². The smallest absolute Gasteiger partial charge is 0.171 e. The molecule has 2 aliphatic rings. The summed E-state index contributed by atoms with van der Waals surface area (Å²) in [5.74, 6) is -0.171. The highest BCUT2D eigenvalue weighted by molar-refractivity contribution is 6.06. The topological polar surface area (TPSA) is 69.6 Å². The number of anilines is 1. The molecule has 1 aromatic rings. The molecule has 0 saturated heterocycles. The molecule has 1 aromatic carbocycles. The average molecular weight is 247 g/mol. The van der Waals surface area contributed by atoms with Crippen molar-refractivity contribution in [3.8, 4) is 11.5 Å². The van der Waals surface area contributed by atoms with Crippen molar-refractivity contribution >= 4 is 11.5 Å². The Morgan fingerprint density at radius 3 is 2.56 bits per heavy atom. The van der Waals surface area contributed by atoms with Gasteiger partial charge < -0.3 is 15.5 Å². The van der Waals surface area contributed by atoms with E-state index in [9.17, 15) is 15.0 Å². The van der Waals surface area contributed by atoms with E-state index in [1.165, 1.54) is 18.6 Å². The van der Waals surface area contributed by atoms with Gasteiger partial charge in [0.1, 0.15) is 11.5 Å². The van der Waals surface area contributed by atoms with Crippen molar-refractivity contribution in [1.82, 2.24) is 0 Å². The van der Waals surface area contributed by atoms with Crippen molar-refractivity contribution in [2.75, 3.05) is 5.32 Å². The van der Waals surface area contributed by atoms with Crippen LogP contribution in [0.4, 0.5) is 5.69 Å². The molecule has 1 aliphatic carbocycles. The van der Waals surface area contributed by atoms with Gasteiger partial charge in [0.05, 0.1) is 11.3 Å². The van der Waals surface area contributed by atoms with Crippen LogP contribution in [0.3, 0.4) is 0 Å². The zero-order valence-corrected chi connectivity index (χ0v) is 10.2. The van der Waals surface area contributed by atoms with Crippen LogP contribution in [0.15, 0.2) is 12.1 Å². The molecule has 1 spiro atoms. The molecule has 0 amide bonds. The fourth-order valence-corrected chi connectivity index (χ4v) is 3.26. The lowest BCUT2D eigenvalue weighted by atomic mass is 9.75. The molecule has 96 valence electrons. The standard InChI is InChI=1S/C14H17NO3/c16-9-6-10-13(11(17)7-9)12(18)8-14(15-10)4-2-1-3-5-14/h6-7,15-17H,1-5,8H2. The van der Waals surface area contributed by atoms with E-state index in [-0.39, 0.29) is 22.8 Å². The van der Waals surface area contributed by atoms with Crippen LogP contribution in [0.5, 0.6) is 11.5 Å². The number of carbonyl (C=O) groups is 1. The van der Waals surface area contributed by atoms with Gasteiger partial charge in [0.2, 0.25) is 0 Å². The van der Waals surface area contributed by atoms with Crippen molar-refractivity contribution in [2.45, 2.75) is 44.1 Å². The van der Waals surface area contributed by atoms with Crippen molar-refractivity contribution in [2.24, 2.45) is 0 Å². The largest absolute Gasteiger partial charge is 0.508 e. The lowest BCUT2D eigenvalue weighted by Gasteiger charge is -2.42. The van der Waals surface area contributed by atoms with E-state index < -0.39 is 0 Å². The number of Topliss-reactive ketones (excluding diaryl/α,β-unsaturated/α-hetero) is 1. The minimum Gasteiger partial charge on any atom is -0.508 e. The molecule has 3 rings (SSSR count). The summed E-state index contributed by atoms with van der Waals surface area (Å²) in [5.41, 5.74) is 0.734. The number of hydrogen-bond donors (Lipinski definition) is 3. The zero-order valence-electron chi connectivity index (χ0n) is 10.2. The predicted octanol–water partition coefficient (Wildman–Crippen LogP) is 2.80. The molecular formula is C14H17NO3. The molecule has 0 radical (unpaired) electrons. The number of fused-ring (bicyclic) bond motifs is 1. The van der Waals surface area contributed by atoms with E-state index in [1.807, 2.05) is 0 Å². The third-order valence-electron chi connectivity index (χ3n) is 4.09. The Morgan fingerprint density at radius 1 is 1.11 bits per heavy atom. The third-order valence-corrected chi connectivity index (χ3v) is 4.09. The van der Waals surface area contributed by atoms with Gasteiger partial charge in [0.25, 0.3) is 0 Å². The highest BCUT2D eigenvalue weighted by Crippen LogP contribution is 2.43. The fourth-order valence-electron chi connectivity index (χ4n) is 3.26. The maximum absolute atomic E-state index is 12.2. The van der Waals surface area contributed by atoms with Crippen LogP contribution in [-0.2, 0) is 0 Å². The normalized spacial score (nSPS) is 21.4. The Bertz CT molecular complexity index is 504. The van der Waals surface area contributed by atoms with E-state index in [0.29, 0.717) is 17.7 Å².